The Labute approximate surface area is 180 Å². The Bertz CT molecular complexity index is 1070. The van der Waals surface area contributed by atoms with Gasteiger partial charge in [0.2, 0.25) is 0 Å². The number of benzene rings is 2. The van der Waals surface area contributed by atoms with Gasteiger partial charge in [0.15, 0.2) is 0 Å². The van der Waals surface area contributed by atoms with Crippen LogP contribution in [0.5, 0.6) is 5.75 Å². The summed E-state index contributed by atoms with van der Waals surface area (Å²) in [4.78, 5) is 17.3. The van der Waals surface area contributed by atoms with Gasteiger partial charge >= 0.3 is 0 Å². The third kappa shape index (κ3) is 3.80. The number of carbonyl (C=O) groups is 1. The topological polar surface area (TPSA) is 60.2 Å². The van der Waals surface area contributed by atoms with E-state index in [0.717, 1.165) is 31.2 Å². The van der Waals surface area contributed by atoms with E-state index in [4.69, 9.17) is 4.74 Å². The highest BCUT2D eigenvalue weighted by Crippen LogP contribution is 2.40. The van der Waals surface area contributed by atoms with Crippen molar-refractivity contribution in [3.05, 3.63) is 71.8 Å². The van der Waals surface area contributed by atoms with Gasteiger partial charge in [-0.2, -0.15) is 15.0 Å². The van der Waals surface area contributed by atoms with Gasteiger partial charge in [-0.1, -0.05) is 11.6 Å². The van der Waals surface area contributed by atoms with Crippen molar-refractivity contribution in [3.63, 3.8) is 0 Å². The first-order chi connectivity index (χ1) is 15.1. The van der Waals surface area contributed by atoms with Crippen molar-refractivity contribution in [1.29, 1.82) is 0 Å². The number of carbonyl (C=O) groups excluding carboxylic acids is 1. The summed E-state index contributed by atoms with van der Waals surface area (Å²) in [7, 11) is 0. The van der Waals surface area contributed by atoms with Crippen LogP contribution in [0.4, 0.5) is 4.39 Å². The Morgan fingerprint density at radius 1 is 1.06 bits per heavy atom. The minimum absolute atomic E-state index is 0.0370. The highest BCUT2D eigenvalue weighted by atomic mass is 19.1. The highest BCUT2D eigenvalue weighted by Gasteiger charge is 2.45. The van der Waals surface area contributed by atoms with Crippen molar-refractivity contribution >= 4 is 5.91 Å². The van der Waals surface area contributed by atoms with E-state index in [1.54, 1.807) is 24.5 Å². The molecule has 0 spiro atoms. The Hall–Kier alpha value is -3.22. The molecule has 2 aromatic carbocycles. The first-order valence-electron chi connectivity index (χ1n) is 10.8. The molecule has 3 aromatic rings. The molecule has 1 amide bonds. The Morgan fingerprint density at radius 2 is 1.81 bits per heavy atom. The predicted molar refractivity (Wildman–Crippen MR) is 114 cm³/mol. The third-order valence-corrected chi connectivity index (χ3v) is 6.49. The number of halogens is 1. The van der Waals surface area contributed by atoms with Crippen LogP contribution in [0.1, 0.15) is 41.6 Å². The van der Waals surface area contributed by atoms with Crippen LogP contribution >= 0.6 is 0 Å². The highest BCUT2D eigenvalue weighted by molar-refractivity contribution is 5.98. The molecule has 5 rings (SSSR count). The van der Waals surface area contributed by atoms with Crippen LogP contribution in [0.15, 0.2) is 54.9 Å². The van der Waals surface area contributed by atoms with E-state index < -0.39 is 0 Å². The van der Waals surface area contributed by atoms with E-state index in [9.17, 15) is 9.18 Å². The van der Waals surface area contributed by atoms with Gasteiger partial charge in [0.25, 0.3) is 5.91 Å². The minimum Gasteiger partial charge on any atom is -0.493 e. The summed E-state index contributed by atoms with van der Waals surface area (Å²) >= 11 is 0. The van der Waals surface area contributed by atoms with Crippen LogP contribution in [-0.4, -0.2) is 44.5 Å². The third-order valence-electron chi connectivity index (χ3n) is 6.49. The number of hydrogen-bond donors (Lipinski definition) is 0. The Morgan fingerprint density at radius 3 is 2.58 bits per heavy atom. The normalized spacial score (nSPS) is 22.5. The zero-order valence-corrected chi connectivity index (χ0v) is 17.4. The second kappa shape index (κ2) is 8.13. The largest absolute Gasteiger partial charge is 0.493 e. The van der Waals surface area contributed by atoms with Crippen molar-refractivity contribution < 1.29 is 13.9 Å². The standard InChI is InChI=1S/C24H25FN4O2/c1-16-2-10-23(29-26-12-13-27-29)21(14-16)24(30)28-19-6-3-17(22(28)11-7-19)15-31-20-8-4-18(25)5-9-20/h2,4-5,8-10,12-14,17,19,22H,3,6-7,11,15H2,1H3/t17-,19-,22?/m1/s1. The van der Waals surface area contributed by atoms with Crippen molar-refractivity contribution in [2.75, 3.05) is 6.61 Å². The van der Waals surface area contributed by atoms with E-state index >= 15 is 0 Å². The molecule has 7 heteroatoms. The van der Waals surface area contributed by atoms with Crippen LogP contribution in [0.25, 0.3) is 5.69 Å². The summed E-state index contributed by atoms with van der Waals surface area (Å²) in [5.74, 6) is 0.671. The zero-order chi connectivity index (χ0) is 21.4. The van der Waals surface area contributed by atoms with Crippen LogP contribution in [0.3, 0.4) is 0 Å². The van der Waals surface area contributed by atoms with Crippen LogP contribution < -0.4 is 4.74 Å². The number of aryl methyl sites for hydroxylation is 1. The van der Waals surface area contributed by atoms with Crippen LogP contribution in [0, 0.1) is 18.7 Å². The summed E-state index contributed by atoms with van der Waals surface area (Å²) in [6.07, 6.45) is 7.23. The lowest BCUT2D eigenvalue weighted by molar-refractivity contribution is 0.0406. The molecule has 3 heterocycles. The predicted octanol–water partition coefficient (Wildman–Crippen LogP) is 4.18. The van der Waals surface area contributed by atoms with E-state index in [0.29, 0.717) is 23.6 Å². The van der Waals surface area contributed by atoms with Crippen LogP contribution in [0.2, 0.25) is 0 Å². The van der Waals surface area contributed by atoms with E-state index in [2.05, 4.69) is 15.1 Å². The monoisotopic (exact) mass is 420 g/mol. The number of ether oxygens (including phenoxy) is 1. The maximum atomic E-state index is 13.8. The van der Waals surface area contributed by atoms with Gasteiger partial charge < -0.3 is 9.64 Å². The summed E-state index contributed by atoms with van der Waals surface area (Å²) in [6, 6.07) is 12.3. The molecule has 2 fully saturated rings. The van der Waals surface area contributed by atoms with Gasteiger partial charge in [-0.05, 0) is 69.0 Å². The summed E-state index contributed by atoms with van der Waals surface area (Å²) < 4.78 is 19.1. The molecule has 1 aromatic heterocycles. The Balaban J connectivity index is 1.38. The first kappa shape index (κ1) is 19.7. The lowest BCUT2D eigenvalue weighted by atomic mass is 9.90. The molecule has 0 aliphatic carbocycles. The number of piperidine rings is 1. The molecule has 2 aliphatic heterocycles. The van der Waals surface area contributed by atoms with Crippen molar-refractivity contribution in [3.8, 4) is 11.4 Å². The fourth-order valence-corrected chi connectivity index (χ4v) is 4.98. The molecular formula is C24H25FN4O2. The van der Waals surface area contributed by atoms with Gasteiger partial charge in [0.1, 0.15) is 11.6 Å². The number of hydrogen-bond acceptors (Lipinski definition) is 4. The van der Waals surface area contributed by atoms with Gasteiger partial charge in [-0.15, -0.1) is 0 Å². The zero-order valence-electron chi connectivity index (χ0n) is 17.4. The molecule has 0 saturated carbocycles. The lowest BCUT2D eigenvalue weighted by Crippen LogP contribution is -2.49. The molecule has 6 nitrogen and oxygen atoms in total. The summed E-state index contributed by atoms with van der Waals surface area (Å²) in [6.45, 7) is 2.51. The molecule has 0 radical (unpaired) electrons. The molecular weight excluding hydrogens is 395 g/mol. The maximum absolute atomic E-state index is 13.8. The maximum Gasteiger partial charge on any atom is 0.256 e. The molecule has 1 unspecified atom stereocenters. The number of amides is 1. The smallest absolute Gasteiger partial charge is 0.256 e. The minimum atomic E-state index is -0.277. The van der Waals surface area contributed by atoms with Gasteiger partial charge in [-0.25, -0.2) is 4.39 Å². The lowest BCUT2D eigenvalue weighted by Gasteiger charge is -2.40. The molecule has 0 N–H and O–H groups in total. The van der Waals surface area contributed by atoms with Gasteiger partial charge in [0.05, 0.1) is 30.3 Å². The van der Waals surface area contributed by atoms with E-state index in [-0.39, 0.29) is 29.7 Å². The molecule has 2 aliphatic rings. The summed E-state index contributed by atoms with van der Waals surface area (Å²) in [5, 5.41) is 8.46. The number of nitrogens with zero attached hydrogens (tertiary/aromatic N) is 4. The van der Waals surface area contributed by atoms with E-state index in [1.807, 2.05) is 25.1 Å². The fourth-order valence-electron chi connectivity index (χ4n) is 4.98. The van der Waals surface area contributed by atoms with Gasteiger partial charge in [0, 0.05) is 18.0 Å². The molecule has 160 valence electrons. The molecule has 2 bridgehead atoms. The second-order valence-electron chi connectivity index (χ2n) is 8.45. The average molecular weight is 420 g/mol. The number of rotatable bonds is 5. The quantitative estimate of drug-likeness (QED) is 0.621. The number of aromatic nitrogens is 3. The Kier molecular flexibility index (Phi) is 5.18. The summed E-state index contributed by atoms with van der Waals surface area (Å²) in [5.41, 5.74) is 2.36. The molecule has 31 heavy (non-hydrogen) atoms. The van der Waals surface area contributed by atoms with Crippen molar-refractivity contribution in [2.45, 2.75) is 44.7 Å². The van der Waals surface area contributed by atoms with Crippen molar-refractivity contribution in [2.24, 2.45) is 5.92 Å². The van der Waals surface area contributed by atoms with Gasteiger partial charge in [-0.3, -0.25) is 4.79 Å². The first-order valence-corrected chi connectivity index (χ1v) is 10.8. The second-order valence-corrected chi connectivity index (χ2v) is 8.45. The fraction of sp³-hybridized carbons (Fsp3) is 0.375. The van der Waals surface area contributed by atoms with Crippen LogP contribution in [-0.2, 0) is 0 Å². The van der Waals surface area contributed by atoms with E-state index in [1.165, 1.54) is 16.9 Å². The molecule has 2 saturated heterocycles. The molecule has 3 atom stereocenters. The average Bonchev–Trinajstić information content (AvgIpc) is 3.41. The SMILES string of the molecule is Cc1ccc(-n2nccn2)c(C(=O)N2C3CC[C@H]2CC[C@@H]3COc2ccc(F)cc2)c1. The number of fused-ring (bicyclic) bond motifs is 2. The van der Waals surface area contributed by atoms with Crippen molar-refractivity contribution in [1.82, 2.24) is 19.9 Å².